The van der Waals surface area contributed by atoms with E-state index in [4.69, 9.17) is 9.72 Å². The van der Waals surface area contributed by atoms with Crippen molar-refractivity contribution in [2.24, 2.45) is 0 Å². The van der Waals surface area contributed by atoms with Gasteiger partial charge in [0.25, 0.3) is 0 Å². The molecular formula is C20H27N5O. The summed E-state index contributed by atoms with van der Waals surface area (Å²) in [4.78, 5) is 14.1. The Hall–Kier alpha value is -2.18. The van der Waals surface area contributed by atoms with E-state index >= 15 is 0 Å². The Balaban J connectivity index is 1.48. The van der Waals surface area contributed by atoms with Gasteiger partial charge in [-0.1, -0.05) is 18.2 Å². The second kappa shape index (κ2) is 7.60. The maximum Gasteiger partial charge on any atom is 0.224 e. The molecule has 138 valence electrons. The molecule has 6 nitrogen and oxygen atoms in total. The van der Waals surface area contributed by atoms with Crippen LogP contribution in [0.4, 0.5) is 17.5 Å². The number of aromatic nitrogens is 2. The van der Waals surface area contributed by atoms with E-state index in [1.54, 1.807) is 0 Å². The highest BCUT2D eigenvalue weighted by Gasteiger charge is 2.28. The number of aryl methyl sites for hydroxylation is 1. The van der Waals surface area contributed by atoms with E-state index < -0.39 is 0 Å². The number of anilines is 3. The second-order valence-corrected chi connectivity index (χ2v) is 7.12. The lowest BCUT2D eigenvalue weighted by atomic mass is 10.1. The molecule has 0 saturated carbocycles. The standard InChI is InChI=1S/C20H27N5O/c1-15-13-19(25-16(2)14-17-5-3-4-6-18(17)25)23-20(22-15)21-7-8-24-9-11-26-12-10-24/h3-6,13,16H,7-12,14H2,1-2H3,(H,21,22,23). The lowest BCUT2D eigenvalue weighted by molar-refractivity contribution is 0.0398. The lowest BCUT2D eigenvalue weighted by Gasteiger charge is -2.27. The maximum absolute atomic E-state index is 5.40. The van der Waals surface area contributed by atoms with Gasteiger partial charge in [0.1, 0.15) is 5.82 Å². The minimum atomic E-state index is 0.405. The van der Waals surface area contributed by atoms with Gasteiger partial charge in [-0.2, -0.15) is 4.98 Å². The zero-order chi connectivity index (χ0) is 17.9. The Morgan fingerprint density at radius 3 is 2.85 bits per heavy atom. The van der Waals surface area contributed by atoms with Crippen LogP contribution < -0.4 is 10.2 Å². The summed E-state index contributed by atoms with van der Waals surface area (Å²) in [6.45, 7) is 9.78. The number of fused-ring (bicyclic) bond motifs is 1. The monoisotopic (exact) mass is 353 g/mol. The first-order chi connectivity index (χ1) is 12.7. The first-order valence-corrected chi connectivity index (χ1v) is 9.47. The highest BCUT2D eigenvalue weighted by Crippen LogP contribution is 2.37. The highest BCUT2D eigenvalue weighted by atomic mass is 16.5. The summed E-state index contributed by atoms with van der Waals surface area (Å²) >= 11 is 0. The third-order valence-corrected chi connectivity index (χ3v) is 5.11. The van der Waals surface area contributed by atoms with Gasteiger partial charge in [0, 0.05) is 49.7 Å². The van der Waals surface area contributed by atoms with Crippen LogP contribution in [0.5, 0.6) is 0 Å². The normalized spacial score (nSPS) is 20.2. The number of hydrogen-bond acceptors (Lipinski definition) is 6. The van der Waals surface area contributed by atoms with Gasteiger partial charge in [-0.05, 0) is 31.9 Å². The fraction of sp³-hybridized carbons (Fsp3) is 0.500. The molecule has 1 aromatic heterocycles. The van der Waals surface area contributed by atoms with Gasteiger partial charge >= 0.3 is 0 Å². The van der Waals surface area contributed by atoms with Crippen LogP contribution in [-0.2, 0) is 11.2 Å². The molecule has 0 amide bonds. The van der Waals surface area contributed by atoms with Crippen molar-refractivity contribution in [2.75, 3.05) is 49.6 Å². The van der Waals surface area contributed by atoms with Crippen molar-refractivity contribution < 1.29 is 4.74 Å². The van der Waals surface area contributed by atoms with Crippen molar-refractivity contribution in [1.82, 2.24) is 14.9 Å². The molecule has 2 aliphatic rings. The average molecular weight is 353 g/mol. The Labute approximate surface area is 155 Å². The number of benzene rings is 1. The minimum Gasteiger partial charge on any atom is -0.379 e. The summed E-state index contributed by atoms with van der Waals surface area (Å²) < 4.78 is 5.40. The lowest BCUT2D eigenvalue weighted by Crippen LogP contribution is -2.39. The topological polar surface area (TPSA) is 53.5 Å². The predicted molar refractivity (Wildman–Crippen MR) is 104 cm³/mol. The van der Waals surface area contributed by atoms with E-state index in [-0.39, 0.29) is 0 Å². The van der Waals surface area contributed by atoms with Gasteiger partial charge in [0.2, 0.25) is 5.95 Å². The van der Waals surface area contributed by atoms with E-state index in [9.17, 15) is 0 Å². The van der Waals surface area contributed by atoms with Crippen molar-refractivity contribution >= 4 is 17.5 Å². The van der Waals surface area contributed by atoms with Crippen LogP contribution in [0.2, 0.25) is 0 Å². The van der Waals surface area contributed by atoms with Crippen molar-refractivity contribution in [3.8, 4) is 0 Å². The first-order valence-electron chi connectivity index (χ1n) is 9.47. The van der Waals surface area contributed by atoms with E-state index in [2.05, 4.69) is 57.4 Å². The van der Waals surface area contributed by atoms with Crippen molar-refractivity contribution in [3.63, 3.8) is 0 Å². The fourth-order valence-electron chi connectivity index (χ4n) is 3.82. The van der Waals surface area contributed by atoms with Crippen molar-refractivity contribution in [2.45, 2.75) is 26.3 Å². The molecule has 1 aromatic carbocycles. The first kappa shape index (κ1) is 17.2. The van der Waals surface area contributed by atoms with Gasteiger partial charge in [0.15, 0.2) is 0 Å². The van der Waals surface area contributed by atoms with Crippen LogP contribution in [0.15, 0.2) is 30.3 Å². The molecule has 4 rings (SSSR count). The van der Waals surface area contributed by atoms with Crippen LogP contribution >= 0.6 is 0 Å². The molecule has 0 spiro atoms. The Morgan fingerprint density at radius 2 is 2.00 bits per heavy atom. The summed E-state index contributed by atoms with van der Waals surface area (Å²) in [7, 11) is 0. The van der Waals surface area contributed by atoms with Crippen LogP contribution in [-0.4, -0.2) is 60.3 Å². The second-order valence-electron chi connectivity index (χ2n) is 7.12. The fourth-order valence-corrected chi connectivity index (χ4v) is 3.82. The van der Waals surface area contributed by atoms with E-state index in [0.717, 1.165) is 57.3 Å². The van der Waals surface area contributed by atoms with E-state index in [1.165, 1.54) is 11.3 Å². The quantitative estimate of drug-likeness (QED) is 0.892. The van der Waals surface area contributed by atoms with Gasteiger partial charge in [0.05, 0.1) is 13.2 Å². The number of ether oxygens (including phenoxy) is 1. The molecule has 0 radical (unpaired) electrons. The van der Waals surface area contributed by atoms with Crippen molar-refractivity contribution in [3.05, 3.63) is 41.6 Å². The summed E-state index contributed by atoms with van der Waals surface area (Å²) in [5.41, 5.74) is 3.64. The molecule has 0 aliphatic carbocycles. The zero-order valence-electron chi connectivity index (χ0n) is 15.6. The molecule has 6 heteroatoms. The summed E-state index contributed by atoms with van der Waals surface area (Å²) in [5.74, 6) is 1.69. The third kappa shape index (κ3) is 3.66. The Kier molecular flexibility index (Phi) is 5.04. The van der Waals surface area contributed by atoms with Crippen molar-refractivity contribution in [1.29, 1.82) is 0 Å². The van der Waals surface area contributed by atoms with Gasteiger partial charge in [-0.3, -0.25) is 4.90 Å². The molecule has 1 fully saturated rings. The van der Waals surface area contributed by atoms with Crippen LogP contribution in [0.3, 0.4) is 0 Å². The highest BCUT2D eigenvalue weighted by molar-refractivity contribution is 5.69. The van der Waals surface area contributed by atoms with Crippen LogP contribution in [0.1, 0.15) is 18.2 Å². The smallest absolute Gasteiger partial charge is 0.224 e. The predicted octanol–water partition coefficient (Wildman–Crippen LogP) is 2.61. The van der Waals surface area contributed by atoms with Gasteiger partial charge in [-0.15, -0.1) is 0 Å². The molecule has 0 bridgehead atoms. The molecule has 1 N–H and O–H groups in total. The largest absolute Gasteiger partial charge is 0.379 e. The summed E-state index contributed by atoms with van der Waals surface area (Å²) in [6.07, 6.45) is 1.05. The number of hydrogen-bond donors (Lipinski definition) is 1. The molecular weight excluding hydrogens is 326 g/mol. The van der Waals surface area contributed by atoms with Gasteiger partial charge < -0.3 is 15.0 Å². The number of morpholine rings is 1. The minimum absolute atomic E-state index is 0.405. The Morgan fingerprint density at radius 1 is 1.19 bits per heavy atom. The van der Waals surface area contributed by atoms with E-state index in [1.807, 2.05) is 6.92 Å². The molecule has 3 heterocycles. The maximum atomic E-state index is 5.40. The molecule has 1 unspecified atom stereocenters. The number of nitrogens with zero attached hydrogens (tertiary/aromatic N) is 4. The van der Waals surface area contributed by atoms with Crippen LogP contribution in [0.25, 0.3) is 0 Å². The molecule has 26 heavy (non-hydrogen) atoms. The number of nitrogens with one attached hydrogen (secondary N) is 1. The molecule has 2 aliphatic heterocycles. The summed E-state index contributed by atoms with van der Waals surface area (Å²) in [5, 5.41) is 3.40. The zero-order valence-corrected chi connectivity index (χ0v) is 15.6. The third-order valence-electron chi connectivity index (χ3n) is 5.11. The molecule has 1 saturated heterocycles. The Bertz CT molecular complexity index is 760. The summed E-state index contributed by atoms with van der Waals surface area (Å²) in [6, 6.07) is 11.1. The van der Waals surface area contributed by atoms with Crippen LogP contribution in [0, 0.1) is 6.92 Å². The number of rotatable bonds is 5. The van der Waals surface area contributed by atoms with E-state index in [0.29, 0.717) is 12.0 Å². The SMILES string of the molecule is Cc1cc(N2c3ccccc3CC2C)nc(NCCN2CCOCC2)n1. The molecule has 1 atom stereocenters. The molecule has 2 aromatic rings. The van der Waals surface area contributed by atoms with Gasteiger partial charge in [-0.25, -0.2) is 4.98 Å². The average Bonchev–Trinajstić information content (AvgIpc) is 2.98. The number of para-hydroxylation sites is 1.